The molecule has 0 atom stereocenters. The molecule has 1 aliphatic carbocycles. The number of unbranched alkanes of at least 4 members (excludes halogenated alkanes) is 1. The topological polar surface area (TPSA) is 39.2 Å². The fraction of sp³-hybridized carbons (Fsp3) is 0.625. The molecule has 1 aromatic heterocycles. The highest BCUT2D eigenvalue weighted by Crippen LogP contribution is 2.32. The van der Waals surface area contributed by atoms with Gasteiger partial charge in [0.2, 0.25) is 5.95 Å². The molecule has 1 heterocycles. The van der Waals surface area contributed by atoms with Crippen LogP contribution in [0.4, 0.5) is 4.39 Å². The molecule has 0 radical (unpaired) electrons. The second-order valence-corrected chi connectivity index (χ2v) is 5.60. The molecule has 1 aromatic rings. The van der Waals surface area contributed by atoms with Gasteiger partial charge in [-0.15, -0.1) is 0 Å². The Kier molecular flexibility index (Phi) is 5.50. The van der Waals surface area contributed by atoms with Gasteiger partial charge < -0.3 is 4.74 Å². The zero-order valence-electron chi connectivity index (χ0n) is 12.0. The van der Waals surface area contributed by atoms with E-state index in [2.05, 4.69) is 11.9 Å². The third-order valence-electron chi connectivity index (χ3n) is 4.06. The van der Waals surface area contributed by atoms with E-state index in [4.69, 9.17) is 4.74 Å². The second-order valence-electron chi connectivity index (χ2n) is 5.60. The van der Waals surface area contributed by atoms with Crippen LogP contribution in [0.25, 0.3) is 0 Å². The van der Waals surface area contributed by atoms with Crippen molar-refractivity contribution in [2.24, 2.45) is 11.8 Å². The maximum atomic E-state index is 12.7. The van der Waals surface area contributed by atoms with Crippen LogP contribution < -0.4 is 4.74 Å². The Hall–Kier alpha value is -1.45. The first-order chi connectivity index (χ1) is 9.69. The Morgan fingerprint density at radius 3 is 2.70 bits per heavy atom. The fourth-order valence-corrected chi connectivity index (χ4v) is 2.80. The number of nitrogens with zero attached hydrogens (tertiary/aromatic N) is 1. The van der Waals surface area contributed by atoms with Crippen LogP contribution >= 0.6 is 0 Å². The van der Waals surface area contributed by atoms with Crippen molar-refractivity contribution in [3.05, 3.63) is 24.3 Å². The quantitative estimate of drug-likeness (QED) is 0.601. The van der Waals surface area contributed by atoms with Crippen LogP contribution in [0.15, 0.2) is 18.3 Å². The lowest BCUT2D eigenvalue weighted by atomic mass is 9.80. The number of ether oxygens (including phenoxy) is 1. The molecule has 0 unspecified atom stereocenters. The standard InChI is InChI=1S/C16H22FNO2/c1-2-3-4-12-5-7-13(8-6-12)16(19)20-14-9-10-15(17)18-11-14/h9-13H,2-8H2,1H3. The van der Waals surface area contributed by atoms with Crippen molar-refractivity contribution in [3.8, 4) is 5.75 Å². The summed E-state index contributed by atoms with van der Waals surface area (Å²) in [7, 11) is 0. The van der Waals surface area contributed by atoms with Crippen LogP contribution in [0.1, 0.15) is 51.9 Å². The average molecular weight is 279 g/mol. The van der Waals surface area contributed by atoms with Crippen molar-refractivity contribution in [2.45, 2.75) is 51.9 Å². The Morgan fingerprint density at radius 1 is 1.35 bits per heavy atom. The molecule has 20 heavy (non-hydrogen) atoms. The molecule has 2 rings (SSSR count). The van der Waals surface area contributed by atoms with Crippen molar-refractivity contribution < 1.29 is 13.9 Å². The molecule has 1 fully saturated rings. The number of halogens is 1. The predicted octanol–water partition coefficient (Wildman–Crippen LogP) is 4.12. The summed E-state index contributed by atoms with van der Waals surface area (Å²) < 4.78 is 17.9. The first kappa shape index (κ1) is 14.9. The summed E-state index contributed by atoms with van der Waals surface area (Å²) in [6, 6.07) is 2.64. The van der Waals surface area contributed by atoms with E-state index in [0.717, 1.165) is 31.6 Å². The van der Waals surface area contributed by atoms with E-state index in [-0.39, 0.29) is 11.9 Å². The van der Waals surface area contributed by atoms with E-state index in [0.29, 0.717) is 5.75 Å². The second kappa shape index (κ2) is 7.36. The van der Waals surface area contributed by atoms with Crippen molar-refractivity contribution in [3.63, 3.8) is 0 Å². The minimum Gasteiger partial charge on any atom is -0.425 e. The molecule has 0 spiro atoms. The van der Waals surface area contributed by atoms with Crippen LogP contribution in [0, 0.1) is 17.8 Å². The Labute approximate surface area is 119 Å². The lowest BCUT2D eigenvalue weighted by Crippen LogP contribution is -2.25. The molecule has 1 aliphatic rings. The van der Waals surface area contributed by atoms with Crippen molar-refractivity contribution >= 4 is 5.97 Å². The summed E-state index contributed by atoms with van der Waals surface area (Å²) in [5.41, 5.74) is 0. The molecular formula is C16H22FNO2. The normalized spacial score (nSPS) is 22.5. The molecule has 1 saturated carbocycles. The van der Waals surface area contributed by atoms with Gasteiger partial charge in [0.15, 0.2) is 0 Å². The molecule has 3 nitrogen and oxygen atoms in total. The van der Waals surface area contributed by atoms with Crippen LogP contribution in [-0.2, 0) is 4.79 Å². The SMILES string of the molecule is CCCCC1CCC(C(=O)Oc2ccc(F)nc2)CC1. The highest BCUT2D eigenvalue weighted by atomic mass is 19.1. The molecule has 110 valence electrons. The maximum absolute atomic E-state index is 12.7. The van der Waals surface area contributed by atoms with Gasteiger partial charge >= 0.3 is 5.97 Å². The van der Waals surface area contributed by atoms with Crippen LogP contribution in [0.2, 0.25) is 0 Å². The van der Waals surface area contributed by atoms with Gasteiger partial charge in [-0.2, -0.15) is 4.39 Å². The molecule has 0 aliphatic heterocycles. The van der Waals surface area contributed by atoms with Gasteiger partial charge in [-0.25, -0.2) is 4.98 Å². The zero-order valence-corrected chi connectivity index (χ0v) is 12.0. The van der Waals surface area contributed by atoms with Crippen LogP contribution in [0.3, 0.4) is 0 Å². The third-order valence-corrected chi connectivity index (χ3v) is 4.06. The van der Waals surface area contributed by atoms with Gasteiger partial charge in [-0.05, 0) is 43.7 Å². The Morgan fingerprint density at radius 2 is 2.10 bits per heavy atom. The number of pyridine rings is 1. The smallest absolute Gasteiger partial charge is 0.314 e. The number of hydrogen-bond donors (Lipinski definition) is 0. The number of carbonyl (C=O) groups is 1. The predicted molar refractivity (Wildman–Crippen MR) is 74.8 cm³/mol. The molecule has 4 heteroatoms. The highest BCUT2D eigenvalue weighted by molar-refractivity contribution is 5.75. The minimum absolute atomic E-state index is 0.0158. The van der Waals surface area contributed by atoms with Gasteiger partial charge in [-0.3, -0.25) is 4.79 Å². The third kappa shape index (κ3) is 4.29. The van der Waals surface area contributed by atoms with Gasteiger partial charge in [0.25, 0.3) is 0 Å². The monoisotopic (exact) mass is 279 g/mol. The lowest BCUT2D eigenvalue weighted by molar-refractivity contribution is -0.140. The van der Waals surface area contributed by atoms with Gasteiger partial charge in [0.1, 0.15) is 5.75 Å². The first-order valence-electron chi connectivity index (χ1n) is 7.52. The minimum atomic E-state index is -0.568. The highest BCUT2D eigenvalue weighted by Gasteiger charge is 2.27. The van der Waals surface area contributed by atoms with E-state index in [9.17, 15) is 9.18 Å². The van der Waals surface area contributed by atoms with E-state index < -0.39 is 5.95 Å². The Balaban J connectivity index is 1.78. The Bertz CT molecular complexity index is 425. The summed E-state index contributed by atoms with van der Waals surface area (Å²) in [5.74, 6) is 0.308. The van der Waals surface area contributed by atoms with Crippen molar-refractivity contribution in [1.29, 1.82) is 0 Å². The van der Waals surface area contributed by atoms with E-state index >= 15 is 0 Å². The summed E-state index contributed by atoms with van der Waals surface area (Å²) in [6.45, 7) is 2.21. The molecule has 0 aromatic carbocycles. The van der Waals surface area contributed by atoms with Gasteiger partial charge in [-0.1, -0.05) is 26.2 Å². The van der Waals surface area contributed by atoms with Crippen molar-refractivity contribution in [1.82, 2.24) is 4.98 Å². The summed E-state index contributed by atoms with van der Waals surface area (Å²) in [6.07, 6.45) is 9.08. The summed E-state index contributed by atoms with van der Waals surface area (Å²) in [5, 5.41) is 0. The number of hydrogen-bond acceptors (Lipinski definition) is 3. The molecule has 0 saturated heterocycles. The van der Waals surface area contributed by atoms with Crippen LogP contribution in [-0.4, -0.2) is 11.0 Å². The van der Waals surface area contributed by atoms with E-state index in [1.807, 2.05) is 0 Å². The van der Waals surface area contributed by atoms with Gasteiger partial charge in [0.05, 0.1) is 12.1 Å². The van der Waals surface area contributed by atoms with E-state index in [1.54, 1.807) is 0 Å². The van der Waals surface area contributed by atoms with E-state index in [1.165, 1.54) is 37.6 Å². The molecular weight excluding hydrogens is 257 g/mol. The summed E-state index contributed by atoms with van der Waals surface area (Å²) in [4.78, 5) is 15.5. The number of aromatic nitrogens is 1. The first-order valence-corrected chi connectivity index (χ1v) is 7.52. The van der Waals surface area contributed by atoms with Crippen LogP contribution in [0.5, 0.6) is 5.75 Å². The van der Waals surface area contributed by atoms with Crippen molar-refractivity contribution in [2.75, 3.05) is 0 Å². The molecule has 0 N–H and O–H groups in total. The fourth-order valence-electron chi connectivity index (χ4n) is 2.80. The average Bonchev–Trinajstić information content (AvgIpc) is 2.48. The largest absolute Gasteiger partial charge is 0.425 e. The molecule has 0 amide bonds. The number of carbonyl (C=O) groups excluding carboxylic acids is 1. The molecule has 0 bridgehead atoms. The maximum Gasteiger partial charge on any atom is 0.314 e. The lowest BCUT2D eigenvalue weighted by Gasteiger charge is -2.27. The zero-order chi connectivity index (χ0) is 14.4. The number of rotatable bonds is 5. The summed E-state index contributed by atoms with van der Waals surface area (Å²) >= 11 is 0. The number of esters is 1. The van der Waals surface area contributed by atoms with Gasteiger partial charge in [0, 0.05) is 0 Å².